The number of hydrogen-bond acceptors (Lipinski definition) is 7. The van der Waals surface area contributed by atoms with Crippen LogP contribution in [0.2, 0.25) is 5.02 Å². The van der Waals surface area contributed by atoms with Gasteiger partial charge in [-0.25, -0.2) is 13.1 Å². The molecule has 1 aliphatic heterocycles. The fraction of sp³-hybridized carbons (Fsp3) is 0.450. The Morgan fingerprint density at radius 3 is 2.57 bits per heavy atom. The van der Waals surface area contributed by atoms with Crippen LogP contribution in [-0.4, -0.2) is 79.6 Å². The fourth-order valence-corrected chi connectivity index (χ4v) is 4.74. The third-order valence-corrected chi connectivity index (χ3v) is 6.89. The number of ether oxygens (including phenoxy) is 1. The zero-order valence-electron chi connectivity index (χ0n) is 16.6. The van der Waals surface area contributed by atoms with Crippen LogP contribution < -0.4 is 4.72 Å². The molecule has 0 saturated carbocycles. The third kappa shape index (κ3) is 5.55. The Balaban J connectivity index is 1.67. The monoisotopic (exact) mass is 455 g/mol. The summed E-state index contributed by atoms with van der Waals surface area (Å²) in [5, 5.41) is 20.6. The fourth-order valence-electron chi connectivity index (χ4n) is 3.56. The highest BCUT2D eigenvalue weighted by atomic mass is 35.5. The summed E-state index contributed by atoms with van der Waals surface area (Å²) >= 11 is 5.82. The Morgan fingerprint density at radius 1 is 1.20 bits per heavy atom. The van der Waals surface area contributed by atoms with E-state index in [1.807, 2.05) is 30.1 Å². The molecule has 2 aromatic rings. The van der Waals surface area contributed by atoms with Crippen LogP contribution in [0.1, 0.15) is 5.69 Å². The van der Waals surface area contributed by atoms with Crippen LogP contribution in [0.3, 0.4) is 0 Å². The number of nitrogens with one attached hydrogen (secondary N) is 1. The molecule has 8 nitrogen and oxygen atoms in total. The molecule has 0 amide bonds. The molecule has 0 spiro atoms. The van der Waals surface area contributed by atoms with Crippen molar-refractivity contribution in [2.24, 2.45) is 0 Å². The van der Waals surface area contributed by atoms with E-state index in [1.165, 1.54) is 24.3 Å². The third-order valence-electron chi connectivity index (χ3n) is 5.20. The van der Waals surface area contributed by atoms with Crippen molar-refractivity contribution in [2.75, 3.05) is 26.7 Å². The Kier molecular flexibility index (Phi) is 7.81. The minimum absolute atomic E-state index is 0.0445. The van der Waals surface area contributed by atoms with Gasteiger partial charge in [-0.3, -0.25) is 9.88 Å². The number of rotatable bonds is 9. The lowest BCUT2D eigenvalue weighted by Crippen LogP contribution is -2.50. The molecule has 1 fully saturated rings. The van der Waals surface area contributed by atoms with Crippen molar-refractivity contribution in [1.29, 1.82) is 0 Å². The molecule has 3 rings (SSSR count). The molecule has 0 radical (unpaired) electrons. The smallest absolute Gasteiger partial charge is 0.240 e. The average Bonchev–Trinajstić information content (AvgIpc) is 3.07. The lowest BCUT2D eigenvalue weighted by Gasteiger charge is -2.30. The summed E-state index contributed by atoms with van der Waals surface area (Å²) in [6.07, 6.45) is 0.0195. The number of likely N-dealkylation sites (N-methyl/N-ethyl adjacent to an activating group) is 1. The van der Waals surface area contributed by atoms with Gasteiger partial charge in [-0.1, -0.05) is 17.7 Å². The second kappa shape index (κ2) is 10.1. The van der Waals surface area contributed by atoms with Gasteiger partial charge < -0.3 is 14.9 Å². The largest absolute Gasteiger partial charge is 0.394 e. The minimum atomic E-state index is -3.77. The van der Waals surface area contributed by atoms with Gasteiger partial charge in [-0.15, -0.1) is 0 Å². The Labute approximate surface area is 181 Å². The zero-order valence-corrected chi connectivity index (χ0v) is 18.1. The summed E-state index contributed by atoms with van der Waals surface area (Å²) < 4.78 is 33.4. The van der Waals surface area contributed by atoms with Crippen LogP contribution in [-0.2, 0) is 21.2 Å². The number of halogens is 1. The number of benzene rings is 1. The van der Waals surface area contributed by atoms with E-state index in [1.54, 1.807) is 6.20 Å². The number of pyridine rings is 1. The number of hydrogen-bond donors (Lipinski definition) is 3. The highest BCUT2D eigenvalue weighted by Gasteiger charge is 2.45. The number of aromatic nitrogens is 1. The molecule has 0 aliphatic carbocycles. The van der Waals surface area contributed by atoms with Crippen LogP contribution >= 0.6 is 11.6 Å². The highest BCUT2D eigenvalue weighted by Crippen LogP contribution is 2.25. The lowest BCUT2D eigenvalue weighted by molar-refractivity contribution is -0.0201. The van der Waals surface area contributed by atoms with Crippen molar-refractivity contribution in [3.05, 3.63) is 59.4 Å². The SMILES string of the molecule is CN(CCc1ccccn1)C1C(CNS(=O)(=O)c2ccc(Cl)cc2)OC(CO)C1O. The van der Waals surface area contributed by atoms with E-state index in [-0.39, 0.29) is 18.0 Å². The average molecular weight is 456 g/mol. The van der Waals surface area contributed by atoms with E-state index >= 15 is 0 Å². The molecule has 1 aromatic heterocycles. The predicted octanol–water partition coefficient (Wildman–Crippen LogP) is 0.677. The summed E-state index contributed by atoms with van der Waals surface area (Å²) in [5.41, 5.74) is 0.913. The van der Waals surface area contributed by atoms with E-state index in [9.17, 15) is 18.6 Å². The Hall–Kier alpha value is -1.59. The van der Waals surface area contributed by atoms with Gasteiger partial charge in [-0.2, -0.15) is 0 Å². The summed E-state index contributed by atoms with van der Waals surface area (Å²) in [4.78, 5) is 6.29. The number of nitrogens with zero attached hydrogens (tertiary/aromatic N) is 2. The Bertz CT molecular complexity index is 914. The zero-order chi connectivity index (χ0) is 21.7. The van der Waals surface area contributed by atoms with Gasteiger partial charge in [0.15, 0.2) is 0 Å². The number of sulfonamides is 1. The molecule has 30 heavy (non-hydrogen) atoms. The van der Waals surface area contributed by atoms with Gasteiger partial charge in [-0.05, 0) is 43.4 Å². The summed E-state index contributed by atoms with van der Waals surface area (Å²) in [7, 11) is -1.94. The van der Waals surface area contributed by atoms with Crippen molar-refractivity contribution in [1.82, 2.24) is 14.6 Å². The normalized spacial score (nSPS) is 24.4. The second-order valence-corrected chi connectivity index (χ2v) is 9.44. The minimum Gasteiger partial charge on any atom is -0.394 e. The second-order valence-electron chi connectivity index (χ2n) is 7.23. The van der Waals surface area contributed by atoms with Gasteiger partial charge in [0.1, 0.15) is 12.2 Å². The summed E-state index contributed by atoms with van der Waals surface area (Å²) in [6.45, 7) is 0.185. The molecule has 164 valence electrons. The molecule has 4 atom stereocenters. The van der Waals surface area contributed by atoms with E-state index in [2.05, 4.69) is 9.71 Å². The summed E-state index contributed by atoms with van der Waals surface area (Å²) in [6, 6.07) is 11.0. The predicted molar refractivity (Wildman–Crippen MR) is 113 cm³/mol. The van der Waals surface area contributed by atoms with Gasteiger partial charge >= 0.3 is 0 Å². The number of aliphatic hydroxyl groups excluding tert-OH is 2. The van der Waals surface area contributed by atoms with E-state index in [4.69, 9.17) is 16.3 Å². The molecule has 4 unspecified atom stereocenters. The molecular formula is C20H26ClN3O5S. The van der Waals surface area contributed by atoms with Gasteiger partial charge in [0.05, 0.1) is 23.6 Å². The lowest BCUT2D eigenvalue weighted by atomic mass is 10.0. The Morgan fingerprint density at radius 2 is 1.93 bits per heavy atom. The first-order valence-electron chi connectivity index (χ1n) is 9.61. The molecule has 2 heterocycles. The standard InChI is InChI=1S/C20H26ClN3O5S/c1-24(11-9-15-4-2-3-10-22-15)19-17(29-18(13-25)20(19)26)12-23-30(27,28)16-7-5-14(21)6-8-16/h2-8,10,17-20,23,25-26H,9,11-13H2,1H3. The van der Waals surface area contributed by atoms with E-state index in [0.29, 0.717) is 18.0 Å². The van der Waals surface area contributed by atoms with Crippen molar-refractivity contribution < 1.29 is 23.4 Å². The highest BCUT2D eigenvalue weighted by molar-refractivity contribution is 7.89. The molecule has 0 bridgehead atoms. The first-order valence-corrected chi connectivity index (χ1v) is 11.5. The van der Waals surface area contributed by atoms with Gasteiger partial charge in [0, 0.05) is 36.4 Å². The van der Waals surface area contributed by atoms with Crippen molar-refractivity contribution in [2.45, 2.75) is 35.7 Å². The van der Waals surface area contributed by atoms with Crippen LogP contribution in [0.15, 0.2) is 53.6 Å². The van der Waals surface area contributed by atoms with Gasteiger partial charge in [0.2, 0.25) is 10.0 Å². The molecule has 1 aromatic carbocycles. The van der Waals surface area contributed by atoms with Crippen LogP contribution in [0.25, 0.3) is 0 Å². The van der Waals surface area contributed by atoms with Crippen LogP contribution in [0.5, 0.6) is 0 Å². The van der Waals surface area contributed by atoms with Crippen LogP contribution in [0, 0.1) is 0 Å². The molecule has 10 heteroatoms. The van der Waals surface area contributed by atoms with E-state index < -0.39 is 34.4 Å². The maximum Gasteiger partial charge on any atom is 0.240 e. The molecule has 3 N–H and O–H groups in total. The molecule has 1 saturated heterocycles. The van der Waals surface area contributed by atoms with Crippen molar-refractivity contribution >= 4 is 21.6 Å². The quantitative estimate of drug-likeness (QED) is 0.509. The van der Waals surface area contributed by atoms with E-state index in [0.717, 1.165) is 5.69 Å². The summed E-state index contributed by atoms with van der Waals surface area (Å²) in [5.74, 6) is 0. The van der Waals surface area contributed by atoms with Crippen molar-refractivity contribution in [3.63, 3.8) is 0 Å². The number of aliphatic hydroxyl groups is 2. The topological polar surface area (TPSA) is 112 Å². The van der Waals surface area contributed by atoms with Gasteiger partial charge in [0.25, 0.3) is 0 Å². The first kappa shape index (κ1) is 23.1. The van der Waals surface area contributed by atoms with Crippen molar-refractivity contribution in [3.8, 4) is 0 Å². The molecule has 1 aliphatic rings. The molecular weight excluding hydrogens is 430 g/mol. The maximum atomic E-state index is 12.6. The van der Waals surface area contributed by atoms with Crippen LogP contribution in [0.4, 0.5) is 0 Å². The maximum absolute atomic E-state index is 12.6. The first-order chi connectivity index (χ1) is 14.3.